The Labute approximate surface area is 169 Å². The van der Waals surface area contributed by atoms with Crippen molar-refractivity contribution in [1.82, 2.24) is 5.32 Å². The van der Waals surface area contributed by atoms with Gasteiger partial charge in [0, 0.05) is 17.5 Å². The molecular weight excluding hydrogens is 368 g/mol. The molecule has 0 aliphatic rings. The summed E-state index contributed by atoms with van der Waals surface area (Å²) in [5.74, 6) is 0.177. The minimum absolute atomic E-state index is 0.0337. The number of hydrogen-bond acceptors (Lipinski definition) is 3. The molecule has 142 valence electrons. The Kier molecular flexibility index (Phi) is 6.87. The normalized spacial score (nSPS) is 10.5. The highest BCUT2D eigenvalue weighted by molar-refractivity contribution is 8.00. The van der Waals surface area contributed by atoms with Crippen molar-refractivity contribution in [2.75, 3.05) is 11.1 Å². The molecule has 0 spiro atoms. The van der Waals surface area contributed by atoms with Gasteiger partial charge >= 0.3 is 0 Å². The molecule has 0 atom stereocenters. The molecule has 0 aromatic heterocycles. The zero-order valence-corrected chi connectivity index (χ0v) is 16.4. The van der Waals surface area contributed by atoms with Crippen LogP contribution in [0.1, 0.15) is 24.1 Å². The molecule has 0 fully saturated rings. The van der Waals surface area contributed by atoms with E-state index in [9.17, 15) is 9.59 Å². The molecule has 2 amide bonds. The van der Waals surface area contributed by atoms with Gasteiger partial charge in [-0.25, -0.2) is 0 Å². The number of rotatable bonds is 7. The molecular formula is C23H22N2O2S. The van der Waals surface area contributed by atoms with E-state index in [1.165, 1.54) is 18.7 Å². The van der Waals surface area contributed by atoms with Crippen LogP contribution in [0.5, 0.6) is 0 Å². The summed E-state index contributed by atoms with van der Waals surface area (Å²) in [5.41, 5.74) is 2.84. The maximum atomic E-state index is 12.6. The van der Waals surface area contributed by atoms with Crippen molar-refractivity contribution >= 4 is 29.3 Å². The largest absolute Gasteiger partial charge is 0.344 e. The first kappa shape index (κ1) is 19.7. The van der Waals surface area contributed by atoms with Crippen LogP contribution in [0.3, 0.4) is 0 Å². The van der Waals surface area contributed by atoms with Gasteiger partial charge in [-0.15, -0.1) is 11.8 Å². The Bertz CT molecular complexity index is 873. The second-order valence-electron chi connectivity index (χ2n) is 6.32. The van der Waals surface area contributed by atoms with Crippen molar-refractivity contribution in [3.8, 4) is 0 Å². The molecule has 0 bridgehead atoms. The van der Waals surface area contributed by atoms with Gasteiger partial charge in [0.25, 0.3) is 0 Å². The maximum absolute atomic E-state index is 12.6. The first-order valence-electron chi connectivity index (χ1n) is 9.01. The van der Waals surface area contributed by atoms with Crippen LogP contribution in [0.15, 0.2) is 89.8 Å². The average Bonchev–Trinajstić information content (AvgIpc) is 2.72. The first-order valence-corrected chi connectivity index (χ1v) is 10.00. The van der Waals surface area contributed by atoms with Crippen LogP contribution in [0, 0.1) is 0 Å². The average molecular weight is 391 g/mol. The molecule has 0 aliphatic carbocycles. The van der Waals surface area contributed by atoms with Gasteiger partial charge in [-0.2, -0.15) is 0 Å². The lowest BCUT2D eigenvalue weighted by Gasteiger charge is -2.20. The summed E-state index contributed by atoms with van der Waals surface area (Å²) >= 11 is 1.46. The Balaban J connectivity index is 1.63. The molecule has 3 aromatic carbocycles. The fourth-order valence-corrected chi connectivity index (χ4v) is 3.55. The Morgan fingerprint density at radius 1 is 0.821 bits per heavy atom. The van der Waals surface area contributed by atoms with Gasteiger partial charge in [0.2, 0.25) is 11.8 Å². The minimum atomic E-state index is -0.183. The third kappa shape index (κ3) is 5.72. The van der Waals surface area contributed by atoms with E-state index in [0.717, 1.165) is 21.7 Å². The van der Waals surface area contributed by atoms with E-state index in [1.807, 2.05) is 84.9 Å². The quantitative estimate of drug-likeness (QED) is 0.578. The molecule has 28 heavy (non-hydrogen) atoms. The second-order valence-corrected chi connectivity index (χ2v) is 7.36. The highest BCUT2D eigenvalue weighted by Crippen LogP contribution is 2.23. The molecule has 0 unspecified atom stereocenters. The Morgan fingerprint density at radius 2 is 1.36 bits per heavy atom. The van der Waals surface area contributed by atoms with Crippen molar-refractivity contribution in [2.45, 2.75) is 17.9 Å². The molecule has 4 nitrogen and oxygen atoms in total. The standard InChI is InChI=1S/C23H22N2O2S/c1-17(26)24-20-12-14-21(15-13-20)28-16-22(27)25-23(18-8-4-2-5-9-18)19-10-6-3-7-11-19/h2-15,23H,16H2,1H3,(H,24,26)(H,25,27). The lowest BCUT2D eigenvalue weighted by Crippen LogP contribution is -2.30. The predicted octanol–water partition coefficient (Wildman–Crippen LogP) is 4.64. The van der Waals surface area contributed by atoms with Crippen molar-refractivity contribution in [2.24, 2.45) is 0 Å². The van der Waals surface area contributed by atoms with Crippen LogP contribution in [0.4, 0.5) is 5.69 Å². The van der Waals surface area contributed by atoms with Gasteiger partial charge in [-0.05, 0) is 35.4 Å². The van der Waals surface area contributed by atoms with Crippen molar-refractivity contribution in [3.63, 3.8) is 0 Å². The number of hydrogen-bond donors (Lipinski definition) is 2. The SMILES string of the molecule is CC(=O)Nc1ccc(SCC(=O)NC(c2ccccc2)c2ccccc2)cc1. The number of carbonyl (C=O) groups excluding carboxylic acids is 2. The van der Waals surface area contributed by atoms with Gasteiger partial charge < -0.3 is 10.6 Å². The van der Waals surface area contributed by atoms with E-state index < -0.39 is 0 Å². The molecule has 2 N–H and O–H groups in total. The third-order valence-corrected chi connectivity index (χ3v) is 5.13. The maximum Gasteiger partial charge on any atom is 0.231 e. The molecule has 0 radical (unpaired) electrons. The number of carbonyl (C=O) groups is 2. The van der Waals surface area contributed by atoms with E-state index >= 15 is 0 Å². The van der Waals surface area contributed by atoms with Crippen LogP contribution in [-0.4, -0.2) is 17.6 Å². The van der Waals surface area contributed by atoms with Crippen LogP contribution in [0.2, 0.25) is 0 Å². The topological polar surface area (TPSA) is 58.2 Å². The van der Waals surface area contributed by atoms with Gasteiger partial charge in [0.05, 0.1) is 11.8 Å². The van der Waals surface area contributed by atoms with Crippen LogP contribution in [0.25, 0.3) is 0 Å². The van der Waals surface area contributed by atoms with Gasteiger partial charge in [-0.1, -0.05) is 60.7 Å². The summed E-state index contributed by atoms with van der Waals surface area (Å²) in [6.07, 6.45) is 0. The van der Waals surface area contributed by atoms with Gasteiger partial charge in [0.1, 0.15) is 0 Å². The molecule has 0 aliphatic heterocycles. The van der Waals surface area contributed by atoms with E-state index in [-0.39, 0.29) is 17.9 Å². The predicted molar refractivity (Wildman–Crippen MR) is 114 cm³/mol. The van der Waals surface area contributed by atoms with E-state index in [1.54, 1.807) is 0 Å². The summed E-state index contributed by atoms with van der Waals surface area (Å²) in [4.78, 5) is 24.6. The zero-order valence-electron chi connectivity index (χ0n) is 15.6. The number of anilines is 1. The van der Waals surface area contributed by atoms with Crippen molar-refractivity contribution in [3.05, 3.63) is 96.1 Å². The van der Waals surface area contributed by atoms with E-state index in [4.69, 9.17) is 0 Å². The zero-order chi connectivity index (χ0) is 19.8. The number of thioether (sulfide) groups is 1. The van der Waals surface area contributed by atoms with E-state index in [0.29, 0.717) is 5.75 Å². The summed E-state index contributed by atoms with van der Waals surface area (Å²) in [7, 11) is 0. The van der Waals surface area contributed by atoms with Crippen molar-refractivity contribution < 1.29 is 9.59 Å². The molecule has 0 heterocycles. The fraction of sp³-hybridized carbons (Fsp3) is 0.130. The summed E-state index contributed by atoms with van der Waals surface area (Å²) in [5, 5.41) is 5.87. The molecule has 0 saturated carbocycles. The minimum Gasteiger partial charge on any atom is -0.344 e. The number of benzene rings is 3. The lowest BCUT2D eigenvalue weighted by atomic mass is 9.99. The lowest BCUT2D eigenvalue weighted by molar-refractivity contribution is -0.119. The van der Waals surface area contributed by atoms with Crippen LogP contribution < -0.4 is 10.6 Å². The second kappa shape index (κ2) is 9.76. The summed E-state index contributed by atoms with van der Waals surface area (Å²) < 4.78 is 0. The van der Waals surface area contributed by atoms with Crippen LogP contribution >= 0.6 is 11.8 Å². The Morgan fingerprint density at radius 3 is 1.86 bits per heavy atom. The third-order valence-electron chi connectivity index (χ3n) is 4.12. The van der Waals surface area contributed by atoms with E-state index in [2.05, 4.69) is 10.6 Å². The molecule has 3 aromatic rings. The molecule has 3 rings (SSSR count). The number of nitrogens with one attached hydrogen (secondary N) is 2. The summed E-state index contributed by atoms with van der Waals surface area (Å²) in [6, 6.07) is 27.2. The number of amides is 2. The first-order chi connectivity index (χ1) is 13.6. The summed E-state index contributed by atoms with van der Waals surface area (Å²) in [6.45, 7) is 1.48. The highest BCUT2D eigenvalue weighted by Gasteiger charge is 2.16. The molecule has 0 saturated heterocycles. The monoisotopic (exact) mass is 390 g/mol. The van der Waals surface area contributed by atoms with Gasteiger partial charge in [0.15, 0.2) is 0 Å². The van der Waals surface area contributed by atoms with Crippen LogP contribution in [-0.2, 0) is 9.59 Å². The van der Waals surface area contributed by atoms with Crippen molar-refractivity contribution in [1.29, 1.82) is 0 Å². The van der Waals surface area contributed by atoms with Gasteiger partial charge in [-0.3, -0.25) is 9.59 Å². The fourth-order valence-electron chi connectivity index (χ4n) is 2.84. The molecule has 5 heteroatoms. The Hall–Kier alpha value is -3.05. The smallest absolute Gasteiger partial charge is 0.231 e. The highest BCUT2D eigenvalue weighted by atomic mass is 32.2.